The summed E-state index contributed by atoms with van der Waals surface area (Å²) < 4.78 is 11.6. The first-order valence-electron chi connectivity index (χ1n) is 13.9. The Morgan fingerprint density at radius 2 is 1.65 bits per heavy atom. The summed E-state index contributed by atoms with van der Waals surface area (Å²) in [5.74, 6) is 3.98. The molecule has 4 aliphatic rings. The summed E-state index contributed by atoms with van der Waals surface area (Å²) in [6.07, 6.45) is 10.3. The van der Waals surface area contributed by atoms with Gasteiger partial charge in [0.15, 0.2) is 0 Å². The van der Waals surface area contributed by atoms with Crippen LogP contribution in [0.1, 0.15) is 75.2 Å². The molecule has 2 aromatic carbocycles. The second-order valence-corrected chi connectivity index (χ2v) is 13.0. The molecule has 3 aromatic rings. The minimum atomic E-state index is -0.286. The lowest BCUT2D eigenvalue weighted by Crippen LogP contribution is -2.48. The van der Waals surface area contributed by atoms with Crippen molar-refractivity contribution in [2.75, 3.05) is 13.2 Å². The zero-order valence-corrected chi connectivity index (χ0v) is 23.0. The van der Waals surface area contributed by atoms with Gasteiger partial charge in [0.2, 0.25) is 0 Å². The van der Waals surface area contributed by atoms with E-state index in [-0.39, 0.29) is 11.4 Å². The van der Waals surface area contributed by atoms with Crippen LogP contribution < -0.4 is 4.74 Å². The molecule has 0 spiro atoms. The summed E-state index contributed by atoms with van der Waals surface area (Å²) in [6, 6.07) is 14.4. The normalized spacial score (nSPS) is 26.0. The standard InChI is InChI=1S/C32H37NO3S/c1-4-35-31(34)25-7-5-24(6-8-25)30-33-18-29(37-30)26-9-10-28(36-19-20(2)3)27(14-26)32-15-21-11-22(16-32)13-23(12-21)17-32/h5-10,14,18,20-23H,4,11-13,15-17,19H2,1-3H3. The van der Waals surface area contributed by atoms with Gasteiger partial charge < -0.3 is 9.47 Å². The van der Waals surface area contributed by atoms with Crippen molar-refractivity contribution in [1.29, 1.82) is 0 Å². The Balaban J connectivity index is 1.31. The van der Waals surface area contributed by atoms with E-state index in [4.69, 9.17) is 14.5 Å². The summed E-state index contributed by atoms with van der Waals surface area (Å²) in [4.78, 5) is 17.9. The van der Waals surface area contributed by atoms with Crippen LogP contribution in [0.2, 0.25) is 0 Å². The molecule has 5 heteroatoms. The average molecular weight is 516 g/mol. The van der Waals surface area contributed by atoms with Crippen molar-refractivity contribution in [3.8, 4) is 26.8 Å². The maximum Gasteiger partial charge on any atom is 0.338 e. The zero-order valence-electron chi connectivity index (χ0n) is 22.2. The third kappa shape index (κ3) is 4.83. The molecule has 4 nitrogen and oxygen atoms in total. The first-order chi connectivity index (χ1) is 17.9. The third-order valence-electron chi connectivity index (χ3n) is 8.59. The van der Waals surface area contributed by atoms with Gasteiger partial charge in [0.05, 0.1) is 23.7 Å². The molecule has 1 aromatic heterocycles. The topological polar surface area (TPSA) is 48.4 Å². The van der Waals surface area contributed by atoms with Crippen molar-refractivity contribution in [3.05, 3.63) is 59.8 Å². The lowest BCUT2D eigenvalue weighted by Gasteiger charge is -2.57. The van der Waals surface area contributed by atoms with E-state index >= 15 is 0 Å². The fraction of sp³-hybridized carbons (Fsp3) is 0.500. The van der Waals surface area contributed by atoms with Crippen molar-refractivity contribution in [1.82, 2.24) is 4.98 Å². The van der Waals surface area contributed by atoms with Gasteiger partial charge in [-0.15, -0.1) is 11.3 Å². The van der Waals surface area contributed by atoms with Gasteiger partial charge in [-0.25, -0.2) is 9.78 Å². The Morgan fingerprint density at radius 3 is 2.27 bits per heavy atom. The molecular formula is C32H37NO3S. The summed E-state index contributed by atoms with van der Waals surface area (Å²) in [5, 5.41) is 0.960. The number of esters is 1. The van der Waals surface area contributed by atoms with Gasteiger partial charge in [-0.1, -0.05) is 26.0 Å². The molecule has 7 rings (SSSR count). The molecule has 0 atom stereocenters. The number of ether oxygens (including phenoxy) is 2. The molecule has 37 heavy (non-hydrogen) atoms. The van der Waals surface area contributed by atoms with E-state index in [9.17, 15) is 4.79 Å². The fourth-order valence-electron chi connectivity index (χ4n) is 7.42. The fourth-order valence-corrected chi connectivity index (χ4v) is 8.34. The number of carbonyl (C=O) groups excluding carboxylic acids is 1. The number of rotatable bonds is 8. The molecule has 4 fully saturated rings. The second-order valence-electron chi connectivity index (χ2n) is 11.9. The Labute approximate surface area is 224 Å². The van der Waals surface area contributed by atoms with Crippen molar-refractivity contribution in [2.24, 2.45) is 23.7 Å². The van der Waals surface area contributed by atoms with Crippen LogP contribution in [0.3, 0.4) is 0 Å². The summed E-state index contributed by atoms with van der Waals surface area (Å²) in [7, 11) is 0. The van der Waals surface area contributed by atoms with E-state index in [1.807, 2.05) is 37.4 Å². The summed E-state index contributed by atoms with van der Waals surface area (Å²) >= 11 is 1.71. The van der Waals surface area contributed by atoms with E-state index < -0.39 is 0 Å². The van der Waals surface area contributed by atoms with Crippen LogP contribution in [0.4, 0.5) is 0 Å². The Hall–Kier alpha value is -2.66. The first kappa shape index (κ1) is 24.7. The van der Waals surface area contributed by atoms with Crippen LogP contribution >= 0.6 is 11.3 Å². The van der Waals surface area contributed by atoms with Crippen LogP contribution in [0.5, 0.6) is 5.75 Å². The van der Waals surface area contributed by atoms with Gasteiger partial charge in [-0.2, -0.15) is 0 Å². The molecule has 0 amide bonds. The molecule has 0 saturated heterocycles. The maximum absolute atomic E-state index is 12.0. The second kappa shape index (κ2) is 9.90. The van der Waals surface area contributed by atoms with Crippen molar-refractivity contribution in [2.45, 2.75) is 64.7 Å². The van der Waals surface area contributed by atoms with Crippen molar-refractivity contribution in [3.63, 3.8) is 0 Å². The molecule has 4 aliphatic carbocycles. The zero-order chi connectivity index (χ0) is 25.6. The molecular weight excluding hydrogens is 478 g/mol. The largest absolute Gasteiger partial charge is 0.493 e. The SMILES string of the molecule is CCOC(=O)c1ccc(-c2ncc(-c3ccc(OCC(C)C)c(C45CC6CC(CC(C6)C4)C5)c3)s2)cc1. The number of nitrogens with zero attached hydrogens (tertiary/aromatic N) is 1. The predicted molar refractivity (Wildman–Crippen MR) is 149 cm³/mol. The van der Waals surface area contributed by atoms with E-state index in [1.165, 1.54) is 54.5 Å². The molecule has 1 heterocycles. The van der Waals surface area contributed by atoms with Gasteiger partial charge in [0.25, 0.3) is 0 Å². The summed E-state index contributed by atoms with van der Waals surface area (Å²) in [5.41, 5.74) is 4.53. The van der Waals surface area contributed by atoms with E-state index in [0.29, 0.717) is 18.1 Å². The van der Waals surface area contributed by atoms with Crippen molar-refractivity contribution >= 4 is 17.3 Å². The lowest BCUT2D eigenvalue weighted by atomic mass is 9.48. The smallest absolute Gasteiger partial charge is 0.338 e. The maximum atomic E-state index is 12.0. The molecule has 194 valence electrons. The quantitative estimate of drug-likeness (QED) is 0.284. The predicted octanol–water partition coefficient (Wildman–Crippen LogP) is 8.16. The van der Waals surface area contributed by atoms with Crippen LogP contribution in [0, 0.1) is 23.7 Å². The van der Waals surface area contributed by atoms with Crippen LogP contribution in [-0.2, 0) is 10.2 Å². The molecule has 4 bridgehead atoms. The average Bonchev–Trinajstić information content (AvgIpc) is 3.37. The Kier molecular flexibility index (Phi) is 6.60. The van der Waals surface area contributed by atoms with Gasteiger partial charge >= 0.3 is 5.97 Å². The van der Waals surface area contributed by atoms with Crippen molar-refractivity contribution < 1.29 is 14.3 Å². The molecule has 0 aliphatic heterocycles. The van der Waals surface area contributed by atoms with E-state index in [1.54, 1.807) is 11.3 Å². The van der Waals surface area contributed by atoms with Gasteiger partial charge in [0, 0.05) is 17.3 Å². The Morgan fingerprint density at radius 1 is 1.00 bits per heavy atom. The van der Waals surface area contributed by atoms with E-state index in [2.05, 4.69) is 32.0 Å². The van der Waals surface area contributed by atoms with E-state index in [0.717, 1.165) is 40.7 Å². The minimum Gasteiger partial charge on any atom is -0.493 e. The van der Waals surface area contributed by atoms with Crippen LogP contribution in [0.15, 0.2) is 48.7 Å². The van der Waals surface area contributed by atoms with Crippen LogP contribution in [0.25, 0.3) is 21.0 Å². The van der Waals surface area contributed by atoms with Gasteiger partial charge in [-0.3, -0.25) is 0 Å². The third-order valence-corrected chi connectivity index (χ3v) is 9.69. The number of hydrogen-bond donors (Lipinski definition) is 0. The highest BCUT2D eigenvalue weighted by Gasteiger charge is 2.52. The highest BCUT2D eigenvalue weighted by atomic mass is 32.1. The minimum absolute atomic E-state index is 0.271. The van der Waals surface area contributed by atoms with Crippen LogP contribution in [-0.4, -0.2) is 24.2 Å². The van der Waals surface area contributed by atoms with Gasteiger partial charge in [0.1, 0.15) is 10.8 Å². The molecule has 0 radical (unpaired) electrons. The van der Waals surface area contributed by atoms with Gasteiger partial charge in [-0.05, 0) is 110 Å². The monoisotopic (exact) mass is 515 g/mol. The molecule has 0 N–H and O–H groups in total. The number of hydrogen-bond acceptors (Lipinski definition) is 5. The highest BCUT2D eigenvalue weighted by molar-refractivity contribution is 7.18. The highest BCUT2D eigenvalue weighted by Crippen LogP contribution is 2.62. The number of carbonyl (C=O) groups is 1. The number of benzene rings is 2. The lowest BCUT2D eigenvalue weighted by molar-refractivity contribution is -0.00647. The number of thiazole rings is 1. The summed E-state index contributed by atoms with van der Waals surface area (Å²) in [6.45, 7) is 7.39. The molecule has 4 saturated carbocycles. The first-order valence-corrected chi connectivity index (χ1v) is 14.7. The molecule has 0 unspecified atom stereocenters. The number of aromatic nitrogens is 1. The Bertz CT molecular complexity index is 1240.